The Bertz CT molecular complexity index is 1210. The lowest BCUT2D eigenvalue weighted by Crippen LogP contribution is -2.11. The molecule has 29 heavy (non-hydrogen) atoms. The summed E-state index contributed by atoms with van der Waals surface area (Å²) in [6, 6.07) is 17.8. The number of methoxy groups -OCH3 is 1. The van der Waals surface area contributed by atoms with Gasteiger partial charge < -0.3 is 4.74 Å². The number of halogens is 2. The molecule has 0 aliphatic rings. The zero-order valence-corrected chi connectivity index (χ0v) is 18.5. The van der Waals surface area contributed by atoms with Gasteiger partial charge in [0, 0.05) is 5.38 Å². The van der Waals surface area contributed by atoms with Crippen LogP contribution in [0.3, 0.4) is 0 Å². The minimum Gasteiger partial charge on any atom is -0.497 e. The van der Waals surface area contributed by atoms with Gasteiger partial charge in [-0.05, 0) is 70.0 Å². The van der Waals surface area contributed by atoms with E-state index in [1.54, 1.807) is 41.5 Å². The number of benzene rings is 2. The van der Waals surface area contributed by atoms with Crippen molar-refractivity contribution >= 4 is 50.5 Å². The van der Waals surface area contributed by atoms with Gasteiger partial charge in [0.15, 0.2) is 0 Å². The molecule has 2 aromatic carbocycles. The van der Waals surface area contributed by atoms with E-state index in [2.05, 4.69) is 21.0 Å². The fraction of sp³-hybridized carbons (Fsp3) is 0.0476. The molecule has 0 unspecified atom stereocenters. The zero-order valence-electron chi connectivity index (χ0n) is 15.3. The summed E-state index contributed by atoms with van der Waals surface area (Å²) in [5.74, 6) is 0.506. The first kappa shape index (κ1) is 19.8. The van der Waals surface area contributed by atoms with Crippen LogP contribution in [0.25, 0.3) is 10.6 Å². The van der Waals surface area contributed by atoms with E-state index in [0.29, 0.717) is 0 Å². The summed E-state index contributed by atoms with van der Waals surface area (Å²) < 4.78 is 21.2. The first-order chi connectivity index (χ1) is 14.1. The molecule has 0 amide bonds. The maximum absolute atomic E-state index is 13.2. The standard InChI is InChI=1S/C21H15BrFN3OS2/c1-27-17-8-6-16(7-9-17)25-21-26(24-12-14-2-4-15(23)5-3-14)18(13-28-21)19-10-11-20(22)29-19/h2-13H,1H3/b24-12+,25-21?. The number of ether oxygens (including phenoxy) is 1. The van der Waals surface area contributed by atoms with Crippen molar-refractivity contribution in [3.05, 3.63) is 86.0 Å². The van der Waals surface area contributed by atoms with Gasteiger partial charge in [-0.15, -0.1) is 22.7 Å². The number of hydrogen-bond donors (Lipinski definition) is 0. The summed E-state index contributed by atoms with van der Waals surface area (Å²) in [6.07, 6.45) is 1.70. The molecule has 0 atom stereocenters. The number of thiazole rings is 1. The largest absolute Gasteiger partial charge is 0.497 e. The van der Waals surface area contributed by atoms with Crippen LogP contribution in [-0.4, -0.2) is 18.0 Å². The molecular weight excluding hydrogens is 473 g/mol. The van der Waals surface area contributed by atoms with Crippen LogP contribution in [-0.2, 0) is 0 Å². The molecule has 2 heterocycles. The predicted octanol–water partition coefficient (Wildman–Crippen LogP) is 6.30. The zero-order chi connectivity index (χ0) is 20.2. The quantitative estimate of drug-likeness (QED) is 0.304. The van der Waals surface area contributed by atoms with Gasteiger partial charge in [0.2, 0.25) is 4.80 Å². The molecule has 146 valence electrons. The van der Waals surface area contributed by atoms with Crippen LogP contribution in [0.4, 0.5) is 10.1 Å². The molecule has 8 heteroatoms. The van der Waals surface area contributed by atoms with Crippen LogP contribution in [0.1, 0.15) is 5.56 Å². The van der Waals surface area contributed by atoms with Crippen molar-refractivity contribution in [3.63, 3.8) is 0 Å². The van der Waals surface area contributed by atoms with Gasteiger partial charge in [-0.1, -0.05) is 12.1 Å². The van der Waals surface area contributed by atoms with E-state index in [9.17, 15) is 4.39 Å². The Morgan fingerprint density at radius 2 is 1.79 bits per heavy atom. The molecule has 4 nitrogen and oxygen atoms in total. The van der Waals surface area contributed by atoms with Gasteiger partial charge in [0.25, 0.3) is 0 Å². The first-order valence-corrected chi connectivity index (χ1v) is 11.1. The summed E-state index contributed by atoms with van der Waals surface area (Å²) in [7, 11) is 1.63. The van der Waals surface area contributed by atoms with E-state index in [1.807, 2.05) is 41.8 Å². The second kappa shape index (κ2) is 8.86. The molecule has 0 saturated heterocycles. The molecule has 2 aromatic heterocycles. The normalized spacial score (nSPS) is 12.0. The molecule has 0 saturated carbocycles. The fourth-order valence-electron chi connectivity index (χ4n) is 2.55. The second-order valence-electron chi connectivity index (χ2n) is 5.93. The maximum Gasteiger partial charge on any atom is 0.211 e. The summed E-state index contributed by atoms with van der Waals surface area (Å²) in [6.45, 7) is 0. The summed E-state index contributed by atoms with van der Waals surface area (Å²) in [4.78, 5) is 6.54. The minimum atomic E-state index is -0.273. The third-order valence-corrected chi connectivity index (χ3v) is 6.46. The number of hydrogen-bond acceptors (Lipinski definition) is 5. The molecule has 0 radical (unpaired) electrons. The highest BCUT2D eigenvalue weighted by molar-refractivity contribution is 9.11. The fourth-order valence-corrected chi connectivity index (χ4v) is 4.86. The van der Waals surface area contributed by atoms with Gasteiger partial charge in [0.05, 0.1) is 33.4 Å². The molecule has 0 spiro atoms. The lowest BCUT2D eigenvalue weighted by atomic mass is 10.2. The average Bonchev–Trinajstić information content (AvgIpc) is 3.34. The van der Waals surface area contributed by atoms with Crippen molar-refractivity contribution in [2.24, 2.45) is 10.1 Å². The van der Waals surface area contributed by atoms with Crippen molar-refractivity contribution in [2.45, 2.75) is 0 Å². The Balaban J connectivity index is 1.79. The number of thiophene rings is 1. The van der Waals surface area contributed by atoms with Crippen molar-refractivity contribution < 1.29 is 9.13 Å². The van der Waals surface area contributed by atoms with Crippen molar-refractivity contribution in [1.82, 2.24) is 4.68 Å². The van der Waals surface area contributed by atoms with Crippen LogP contribution in [0, 0.1) is 5.82 Å². The maximum atomic E-state index is 13.2. The lowest BCUT2D eigenvalue weighted by Gasteiger charge is -2.02. The molecule has 4 rings (SSSR count). The van der Waals surface area contributed by atoms with Crippen LogP contribution >= 0.6 is 38.6 Å². The smallest absolute Gasteiger partial charge is 0.211 e. The van der Waals surface area contributed by atoms with E-state index in [1.165, 1.54) is 23.5 Å². The SMILES string of the molecule is COc1ccc(N=c2scc(-c3ccc(Br)s3)n2/N=C/c2ccc(F)cc2)cc1. The summed E-state index contributed by atoms with van der Waals surface area (Å²) in [5, 5.41) is 6.66. The highest BCUT2D eigenvalue weighted by Crippen LogP contribution is 2.31. The summed E-state index contributed by atoms with van der Waals surface area (Å²) in [5.41, 5.74) is 2.55. The van der Waals surface area contributed by atoms with Crippen molar-refractivity contribution in [2.75, 3.05) is 7.11 Å². The monoisotopic (exact) mass is 487 g/mol. The Hall–Kier alpha value is -2.55. The highest BCUT2D eigenvalue weighted by atomic mass is 79.9. The predicted molar refractivity (Wildman–Crippen MR) is 121 cm³/mol. The van der Waals surface area contributed by atoms with Gasteiger partial charge in [0.1, 0.15) is 11.6 Å². The van der Waals surface area contributed by atoms with Gasteiger partial charge >= 0.3 is 0 Å². The van der Waals surface area contributed by atoms with Crippen molar-refractivity contribution in [1.29, 1.82) is 0 Å². The van der Waals surface area contributed by atoms with E-state index >= 15 is 0 Å². The third-order valence-electron chi connectivity index (χ3n) is 4.00. The average molecular weight is 488 g/mol. The Labute approximate surface area is 183 Å². The third kappa shape index (κ3) is 4.72. The second-order valence-corrected chi connectivity index (χ2v) is 9.22. The molecule has 0 bridgehead atoms. The van der Waals surface area contributed by atoms with E-state index in [-0.39, 0.29) is 5.82 Å². The van der Waals surface area contributed by atoms with Crippen LogP contribution in [0.2, 0.25) is 0 Å². The number of aromatic nitrogens is 1. The molecule has 0 fully saturated rings. The molecule has 4 aromatic rings. The molecule has 0 aliphatic carbocycles. The van der Waals surface area contributed by atoms with Gasteiger partial charge in [-0.2, -0.15) is 5.10 Å². The van der Waals surface area contributed by atoms with E-state index in [0.717, 1.165) is 36.2 Å². The lowest BCUT2D eigenvalue weighted by molar-refractivity contribution is 0.415. The summed E-state index contributed by atoms with van der Waals surface area (Å²) >= 11 is 6.64. The van der Waals surface area contributed by atoms with Crippen molar-refractivity contribution in [3.8, 4) is 16.3 Å². The van der Waals surface area contributed by atoms with Crippen LogP contribution in [0.15, 0.2) is 79.9 Å². The molecule has 0 N–H and O–H groups in total. The Kier molecular flexibility index (Phi) is 6.03. The number of nitrogens with zero attached hydrogens (tertiary/aromatic N) is 3. The Morgan fingerprint density at radius 1 is 1.03 bits per heavy atom. The van der Waals surface area contributed by atoms with Gasteiger partial charge in [-0.3, -0.25) is 0 Å². The van der Waals surface area contributed by atoms with Crippen LogP contribution in [0.5, 0.6) is 5.75 Å². The molecular formula is C21H15BrFN3OS2. The van der Waals surface area contributed by atoms with E-state index in [4.69, 9.17) is 9.73 Å². The van der Waals surface area contributed by atoms with Crippen LogP contribution < -0.4 is 9.54 Å². The Morgan fingerprint density at radius 3 is 2.45 bits per heavy atom. The number of rotatable bonds is 5. The molecule has 0 aliphatic heterocycles. The minimum absolute atomic E-state index is 0.273. The first-order valence-electron chi connectivity index (χ1n) is 8.57. The van der Waals surface area contributed by atoms with Gasteiger partial charge in [-0.25, -0.2) is 14.1 Å². The highest BCUT2D eigenvalue weighted by Gasteiger charge is 2.10. The van der Waals surface area contributed by atoms with E-state index < -0.39 is 0 Å². The topological polar surface area (TPSA) is 38.9 Å².